The Kier molecular flexibility index (Phi) is 6.60. The molecule has 0 unspecified atom stereocenters. The fraction of sp³-hybridized carbons (Fsp3) is 0.0870. The molecule has 0 saturated heterocycles. The number of benzene rings is 3. The van der Waals surface area contributed by atoms with Gasteiger partial charge in [0.25, 0.3) is 10.0 Å². The molecule has 0 amide bonds. The maximum atomic E-state index is 12.7. The van der Waals surface area contributed by atoms with Crippen LogP contribution in [0.1, 0.15) is 0 Å². The SMILES string of the molecule is COc1cc2nccc(Oc3ccc(NS(=O)(=O)c4cc(Cl)c(O)c(Cl)c4)cc3)c2cc1OC. The third-order valence-electron chi connectivity index (χ3n) is 4.84. The van der Waals surface area contributed by atoms with Crippen molar-refractivity contribution in [1.29, 1.82) is 0 Å². The number of ether oxygens (including phenoxy) is 3. The molecule has 176 valence electrons. The van der Waals surface area contributed by atoms with Crippen molar-refractivity contribution in [2.45, 2.75) is 4.90 Å². The van der Waals surface area contributed by atoms with Gasteiger partial charge in [0, 0.05) is 23.3 Å². The van der Waals surface area contributed by atoms with E-state index < -0.39 is 10.0 Å². The lowest BCUT2D eigenvalue weighted by Crippen LogP contribution is -2.13. The van der Waals surface area contributed by atoms with Gasteiger partial charge in [-0.2, -0.15) is 0 Å². The Balaban J connectivity index is 1.57. The number of anilines is 1. The van der Waals surface area contributed by atoms with Gasteiger partial charge in [0.15, 0.2) is 17.2 Å². The lowest BCUT2D eigenvalue weighted by Gasteiger charge is -2.13. The quantitative estimate of drug-likeness (QED) is 0.314. The van der Waals surface area contributed by atoms with Gasteiger partial charge in [0.2, 0.25) is 0 Å². The first-order valence-corrected chi connectivity index (χ1v) is 11.9. The average Bonchev–Trinajstić information content (AvgIpc) is 2.82. The third kappa shape index (κ3) is 4.77. The van der Waals surface area contributed by atoms with E-state index in [1.807, 2.05) is 0 Å². The molecule has 8 nitrogen and oxygen atoms in total. The number of hydrogen-bond acceptors (Lipinski definition) is 7. The number of aromatic hydroxyl groups is 1. The number of fused-ring (bicyclic) bond motifs is 1. The minimum atomic E-state index is -3.99. The summed E-state index contributed by atoms with van der Waals surface area (Å²) in [4.78, 5) is 4.15. The van der Waals surface area contributed by atoms with E-state index >= 15 is 0 Å². The van der Waals surface area contributed by atoms with Crippen LogP contribution in [-0.2, 0) is 10.0 Å². The van der Waals surface area contributed by atoms with Crippen molar-refractivity contribution in [2.24, 2.45) is 0 Å². The molecule has 0 saturated carbocycles. The molecule has 0 aliphatic rings. The second-order valence-electron chi connectivity index (χ2n) is 7.00. The number of halogens is 2. The lowest BCUT2D eigenvalue weighted by molar-refractivity contribution is 0.355. The van der Waals surface area contributed by atoms with E-state index in [4.69, 9.17) is 37.4 Å². The molecule has 1 heterocycles. The average molecular weight is 521 g/mol. The maximum Gasteiger partial charge on any atom is 0.262 e. The molecular weight excluding hydrogens is 503 g/mol. The lowest BCUT2D eigenvalue weighted by atomic mass is 10.2. The molecule has 0 atom stereocenters. The number of sulfonamides is 1. The third-order valence-corrected chi connectivity index (χ3v) is 6.78. The second-order valence-corrected chi connectivity index (χ2v) is 9.50. The summed E-state index contributed by atoms with van der Waals surface area (Å²) < 4.78 is 44.5. The van der Waals surface area contributed by atoms with Crippen LogP contribution in [0.25, 0.3) is 10.9 Å². The Morgan fingerprint density at radius 2 is 1.50 bits per heavy atom. The highest BCUT2D eigenvalue weighted by atomic mass is 35.5. The number of methoxy groups -OCH3 is 2. The molecule has 1 aromatic heterocycles. The van der Waals surface area contributed by atoms with E-state index in [9.17, 15) is 13.5 Å². The number of phenolic OH excluding ortho intramolecular Hbond substituents is 1. The molecule has 3 aromatic carbocycles. The zero-order valence-electron chi connectivity index (χ0n) is 17.9. The minimum absolute atomic E-state index is 0.171. The van der Waals surface area contributed by atoms with Crippen LogP contribution >= 0.6 is 23.2 Å². The monoisotopic (exact) mass is 520 g/mol. The predicted octanol–water partition coefficient (Wildman–Crippen LogP) is 5.86. The highest BCUT2D eigenvalue weighted by Crippen LogP contribution is 2.37. The summed E-state index contributed by atoms with van der Waals surface area (Å²) in [5.74, 6) is 1.71. The Morgan fingerprint density at radius 1 is 0.882 bits per heavy atom. The summed E-state index contributed by atoms with van der Waals surface area (Å²) in [6.07, 6.45) is 1.61. The van der Waals surface area contributed by atoms with Gasteiger partial charge in [-0.1, -0.05) is 23.2 Å². The van der Waals surface area contributed by atoms with Crippen LogP contribution < -0.4 is 18.9 Å². The van der Waals surface area contributed by atoms with E-state index in [1.54, 1.807) is 62.9 Å². The van der Waals surface area contributed by atoms with Crippen molar-refractivity contribution in [3.8, 4) is 28.7 Å². The van der Waals surface area contributed by atoms with Crippen molar-refractivity contribution >= 4 is 49.8 Å². The van der Waals surface area contributed by atoms with E-state index in [0.29, 0.717) is 39.6 Å². The summed E-state index contributed by atoms with van der Waals surface area (Å²) in [5.41, 5.74) is 0.949. The molecule has 4 rings (SSSR count). The Hall–Kier alpha value is -3.40. The van der Waals surface area contributed by atoms with Crippen molar-refractivity contribution in [3.05, 3.63) is 70.8 Å². The van der Waals surface area contributed by atoms with Gasteiger partial charge in [-0.3, -0.25) is 9.71 Å². The van der Waals surface area contributed by atoms with Crippen LogP contribution in [0.2, 0.25) is 10.0 Å². The maximum absolute atomic E-state index is 12.7. The smallest absolute Gasteiger partial charge is 0.262 e. The summed E-state index contributed by atoms with van der Waals surface area (Å²) in [7, 11) is -0.906. The number of aromatic nitrogens is 1. The highest BCUT2D eigenvalue weighted by molar-refractivity contribution is 7.92. The van der Waals surface area contributed by atoms with E-state index in [1.165, 1.54) is 0 Å². The first-order chi connectivity index (χ1) is 16.2. The fourth-order valence-corrected chi connectivity index (χ4v) is 4.89. The van der Waals surface area contributed by atoms with Gasteiger partial charge in [-0.25, -0.2) is 8.42 Å². The largest absolute Gasteiger partial charge is 0.505 e. The van der Waals surface area contributed by atoms with Gasteiger partial charge < -0.3 is 19.3 Å². The molecule has 34 heavy (non-hydrogen) atoms. The van der Waals surface area contributed by atoms with Gasteiger partial charge in [0.1, 0.15) is 11.5 Å². The van der Waals surface area contributed by atoms with Gasteiger partial charge >= 0.3 is 0 Å². The topological polar surface area (TPSA) is 107 Å². The number of nitrogens with one attached hydrogen (secondary N) is 1. The van der Waals surface area contributed by atoms with Crippen molar-refractivity contribution < 1.29 is 27.7 Å². The molecule has 0 fully saturated rings. The van der Waals surface area contributed by atoms with E-state index in [0.717, 1.165) is 12.1 Å². The van der Waals surface area contributed by atoms with Crippen LogP contribution in [0.5, 0.6) is 28.7 Å². The number of nitrogens with zero attached hydrogens (tertiary/aromatic N) is 1. The zero-order chi connectivity index (χ0) is 24.5. The van der Waals surface area contributed by atoms with Gasteiger partial charge in [0.05, 0.1) is 34.7 Å². The second kappa shape index (κ2) is 9.46. The number of pyridine rings is 1. The number of hydrogen-bond donors (Lipinski definition) is 2. The van der Waals surface area contributed by atoms with Crippen molar-refractivity contribution in [3.63, 3.8) is 0 Å². The fourth-order valence-electron chi connectivity index (χ4n) is 3.17. The molecule has 0 spiro atoms. The molecule has 11 heteroatoms. The van der Waals surface area contributed by atoms with Crippen LogP contribution in [0.15, 0.2) is 65.7 Å². The zero-order valence-corrected chi connectivity index (χ0v) is 20.2. The van der Waals surface area contributed by atoms with E-state index in [2.05, 4.69) is 9.71 Å². The molecular formula is C23H18Cl2N2O6S. The number of rotatable bonds is 7. The Labute approximate surface area is 205 Å². The predicted molar refractivity (Wildman–Crippen MR) is 130 cm³/mol. The van der Waals surface area contributed by atoms with Crippen LogP contribution in [0.4, 0.5) is 5.69 Å². The van der Waals surface area contributed by atoms with Crippen molar-refractivity contribution in [2.75, 3.05) is 18.9 Å². The summed E-state index contributed by atoms with van der Waals surface area (Å²) >= 11 is 11.7. The highest BCUT2D eigenvalue weighted by Gasteiger charge is 2.19. The summed E-state index contributed by atoms with van der Waals surface area (Å²) in [5, 5.41) is 10.0. The first-order valence-electron chi connectivity index (χ1n) is 9.71. The first kappa shape index (κ1) is 23.7. The van der Waals surface area contributed by atoms with Gasteiger partial charge in [-0.15, -0.1) is 0 Å². The molecule has 0 bridgehead atoms. The molecule has 0 aliphatic carbocycles. The standard InChI is InChI=1S/C23H18Cl2N2O6S/c1-31-21-11-16-19(12-22(21)32-2)26-8-7-20(16)33-14-5-3-13(4-6-14)27-34(29,30)15-9-17(24)23(28)18(25)10-15/h3-12,27-28H,1-2H3. The Bertz CT molecular complexity index is 1450. The molecule has 2 N–H and O–H groups in total. The minimum Gasteiger partial charge on any atom is -0.505 e. The van der Waals surface area contributed by atoms with Crippen LogP contribution in [0, 0.1) is 0 Å². The van der Waals surface area contributed by atoms with Crippen LogP contribution in [0.3, 0.4) is 0 Å². The normalized spacial score (nSPS) is 11.3. The molecule has 0 radical (unpaired) electrons. The molecule has 0 aliphatic heterocycles. The van der Waals surface area contributed by atoms with Crippen molar-refractivity contribution in [1.82, 2.24) is 4.98 Å². The summed E-state index contributed by atoms with van der Waals surface area (Å²) in [6, 6.07) is 13.8. The van der Waals surface area contributed by atoms with Gasteiger partial charge in [-0.05, 0) is 48.5 Å². The van der Waals surface area contributed by atoms with Crippen LogP contribution in [-0.4, -0.2) is 32.7 Å². The Morgan fingerprint density at radius 3 is 2.12 bits per heavy atom. The number of phenols is 1. The summed E-state index contributed by atoms with van der Waals surface area (Å²) in [6.45, 7) is 0. The van der Waals surface area contributed by atoms with E-state index in [-0.39, 0.29) is 20.7 Å². The molecule has 4 aromatic rings.